The largest absolute Gasteiger partial charge is 0.490 e. The van der Waals surface area contributed by atoms with Crippen molar-refractivity contribution in [3.05, 3.63) is 78.4 Å². The third kappa shape index (κ3) is 6.01. The highest BCUT2D eigenvalue weighted by Gasteiger charge is 2.07. The van der Waals surface area contributed by atoms with Crippen LogP contribution in [0.4, 0.5) is 10.5 Å². The highest BCUT2D eigenvalue weighted by molar-refractivity contribution is 5.89. The second-order valence-electron chi connectivity index (χ2n) is 6.72. The Morgan fingerprint density at radius 3 is 2.17 bits per heavy atom. The molecule has 0 bridgehead atoms. The first-order chi connectivity index (χ1) is 14.7. The van der Waals surface area contributed by atoms with Gasteiger partial charge in [-0.15, -0.1) is 0 Å². The van der Waals surface area contributed by atoms with Gasteiger partial charge >= 0.3 is 6.03 Å². The molecule has 0 aromatic heterocycles. The number of carbonyl (C=O) groups is 1. The zero-order chi connectivity index (χ0) is 21.2. The number of rotatable bonds is 9. The summed E-state index contributed by atoms with van der Waals surface area (Å²) in [6, 6.07) is 23.6. The van der Waals surface area contributed by atoms with Gasteiger partial charge in [0.15, 0.2) is 11.5 Å². The van der Waals surface area contributed by atoms with Crippen molar-refractivity contribution in [2.75, 3.05) is 25.1 Å². The molecule has 0 saturated carbocycles. The Bertz CT molecular complexity index is 940. The monoisotopic (exact) mass is 404 g/mol. The molecule has 0 unspecified atom stereocenters. The molecule has 0 saturated heterocycles. The van der Waals surface area contributed by atoms with Crippen LogP contribution in [0, 0.1) is 0 Å². The van der Waals surface area contributed by atoms with Crippen LogP contribution in [0.3, 0.4) is 0 Å². The van der Waals surface area contributed by atoms with Crippen LogP contribution >= 0.6 is 0 Å². The summed E-state index contributed by atoms with van der Waals surface area (Å²) in [4.78, 5) is 12.2. The van der Waals surface area contributed by atoms with Gasteiger partial charge < -0.3 is 20.1 Å². The number of benzene rings is 3. The van der Waals surface area contributed by atoms with Crippen molar-refractivity contribution in [2.45, 2.75) is 20.3 Å². The lowest BCUT2D eigenvalue weighted by Crippen LogP contribution is -2.30. The maximum absolute atomic E-state index is 12.2. The minimum atomic E-state index is -0.224. The fourth-order valence-electron chi connectivity index (χ4n) is 3.12. The predicted octanol–water partition coefficient (Wildman–Crippen LogP) is 5.52. The van der Waals surface area contributed by atoms with Crippen molar-refractivity contribution < 1.29 is 14.3 Å². The lowest BCUT2D eigenvalue weighted by molar-refractivity contribution is 0.252. The van der Waals surface area contributed by atoms with Gasteiger partial charge in [0.05, 0.1) is 13.2 Å². The van der Waals surface area contributed by atoms with Crippen molar-refractivity contribution in [1.29, 1.82) is 0 Å². The standard InChI is InChI=1S/C25H28N2O3/c1-3-29-23-15-10-19(18-24(23)30-4-2)16-17-26-25(28)27-22-13-11-21(12-14-22)20-8-6-5-7-9-20/h5-15,18H,3-4,16-17H2,1-2H3,(H2,26,27,28). The SMILES string of the molecule is CCOc1ccc(CCNC(=O)Nc2ccc(-c3ccccc3)cc2)cc1OCC. The maximum Gasteiger partial charge on any atom is 0.319 e. The predicted molar refractivity (Wildman–Crippen MR) is 121 cm³/mol. The van der Waals surface area contributed by atoms with Crippen LogP contribution in [0.1, 0.15) is 19.4 Å². The summed E-state index contributed by atoms with van der Waals surface area (Å²) in [5.74, 6) is 1.48. The summed E-state index contributed by atoms with van der Waals surface area (Å²) in [5.41, 5.74) is 4.10. The van der Waals surface area contributed by atoms with Crippen molar-refractivity contribution in [3.8, 4) is 22.6 Å². The van der Waals surface area contributed by atoms with E-state index in [9.17, 15) is 4.79 Å². The van der Waals surface area contributed by atoms with E-state index in [-0.39, 0.29) is 6.03 Å². The summed E-state index contributed by atoms with van der Waals surface area (Å²) >= 11 is 0. The molecule has 2 N–H and O–H groups in total. The quantitative estimate of drug-likeness (QED) is 0.494. The molecule has 0 radical (unpaired) electrons. The summed E-state index contributed by atoms with van der Waals surface area (Å²) in [5, 5.41) is 5.76. The second kappa shape index (κ2) is 10.9. The average Bonchev–Trinajstić information content (AvgIpc) is 2.77. The van der Waals surface area contributed by atoms with E-state index in [4.69, 9.17) is 9.47 Å². The van der Waals surface area contributed by atoms with Crippen LogP contribution in [0.5, 0.6) is 11.5 Å². The van der Waals surface area contributed by atoms with E-state index in [0.717, 1.165) is 33.9 Å². The summed E-state index contributed by atoms with van der Waals surface area (Å²) < 4.78 is 11.2. The average molecular weight is 405 g/mol. The molecule has 0 fully saturated rings. The van der Waals surface area contributed by atoms with Gasteiger partial charge in [0, 0.05) is 12.2 Å². The Kier molecular flexibility index (Phi) is 7.72. The fraction of sp³-hybridized carbons (Fsp3) is 0.240. The van der Waals surface area contributed by atoms with Crippen molar-refractivity contribution in [1.82, 2.24) is 5.32 Å². The number of hydrogen-bond donors (Lipinski definition) is 2. The molecule has 0 heterocycles. The van der Waals surface area contributed by atoms with Crippen LogP contribution in [0.25, 0.3) is 11.1 Å². The van der Waals surface area contributed by atoms with Crippen LogP contribution in [-0.2, 0) is 6.42 Å². The second-order valence-corrected chi connectivity index (χ2v) is 6.72. The number of anilines is 1. The molecule has 0 aliphatic heterocycles. The molecule has 0 aliphatic rings. The fourth-order valence-corrected chi connectivity index (χ4v) is 3.12. The van der Waals surface area contributed by atoms with E-state index in [1.165, 1.54) is 0 Å². The van der Waals surface area contributed by atoms with E-state index < -0.39 is 0 Å². The lowest BCUT2D eigenvalue weighted by atomic mass is 10.1. The van der Waals surface area contributed by atoms with Gasteiger partial charge in [-0.05, 0) is 61.2 Å². The van der Waals surface area contributed by atoms with Crippen molar-refractivity contribution in [3.63, 3.8) is 0 Å². The molecule has 30 heavy (non-hydrogen) atoms. The molecular weight excluding hydrogens is 376 g/mol. The Morgan fingerprint density at radius 2 is 1.47 bits per heavy atom. The Hall–Kier alpha value is -3.47. The van der Waals surface area contributed by atoms with Gasteiger partial charge in [-0.3, -0.25) is 0 Å². The van der Waals surface area contributed by atoms with E-state index in [1.807, 2.05) is 74.5 Å². The third-order valence-corrected chi connectivity index (χ3v) is 4.56. The maximum atomic E-state index is 12.2. The van der Waals surface area contributed by atoms with Gasteiger partial charge in [0.25, 0.3) is 0 Å². The van der Waals surface area contributed by atoms with Gasteiger partial charge in [-0.2, -0.15) is 0 Å². The van der Waals surface area contributed by atoms with E-state index in [2.05, 4.69) is 22.8 Å². The zero-order valence-electron chi connectivity index (χ0n) is 17.5. The number of hydrogen-bond acceptors (Lipinski definition) is 3. The van der Waals surface area contributed by atoms with Gasteiger partial charge in [0.1, 0.15) is 0 Å². The number of carbonyl (C=O) groups excluding carboxylic acids is 1. The first-order valence-corrected chi connectivity index (χ1v) is 10.3. The number of urea groups is 1. The van der Waals surface area contributed by atoms with E-state index in [0.29, 0.717) is 26.2 Å². The molecule has 2 amide bonds. The minimum absolute atomic E-state index is 0.224. The Balaban J connectivity index is 1.49. The molecule has 5 nitrogen and oxygen atoms in total. The molecule has 3 aromatic carbocycles. The van der Waals surface area contributed by atoms with Crippen LogP contribution in [-0.4, -0.2) is 25.8 Å². The summed E-state index contributed by atoms with van der Waals surface area (Å²) in [6.07, 6.45) is 0.701. The zero-order valence-corrected chi connectivity index (χ0v) is 17.5. The molecule has 0 aliphatic carbocycles. The molecule has 3 rings (SSSR count). The minimum Gasteiger partial charge on any atom is -0.490 e. The normalized spacial score (nSPS) is 10.3. The van der Waals surface area contributed by atoms with Crippen molar-refractivity contribution in [2.24, 2.45) is 0 Å². The van der Waals surface area contributed by atoms with Gasteiger partial charge in [-0.25, -0.2) is 4.79 Å². The number of ether oxygens (including phenoxy) is 2. The van der Waals surface area contributed by atoms with Crippen LogP contribution < -0.4 is 20.1 Å². The lowest BCUT2D eigenvalue weighted by Gasteiger charge is -2.13. The number of nitrogens with one attached hydrogen (secondary N) is 2. The molecule has 0 atom stereocenters. The first kappa shape index (κ1) is 21.2. The molecule has 3 aromatic rings. The number of amides is 2. The van der Waals surface area contributed by atoms with Gasteiger partial charge in [0.2, 0.25) is 0 Å². The third-order valence-electron chi connectivity index (χ3n) is 4.56. The van der Waals surface area contributed by atoms with Crippen molar-refractivity contribution >= 4 is 11.7 Å². The van der Waals surface area contributed by atoms with E-state index in [1.54, 1.807) is 0 Å². The van der Waals surface area contributed by atoms with Crippen LogP contribution in [0.15, 0.2) is 72.8 Å². The summed E-state index contributed by atoms with van der Waals surface area (Å²) in [6.45, 7) is 5.58. The Labute approximate surface area is 178 Å². The summed E-state index contributed by atoms with van der Waals surface area (Å²) in [7, 11) is 0. The molecule has 156 valence electrons. The topological polar surface area (TPSA) is 59.6 Å². The smallest absolute Gasteiger partial charge is 0.319 e. The molecule has 0 spiro atoms. The van der Waals surface area contributed by atoms with E-state index >= 15 is 0 Å². The Morgan fingerprint density at radius 1 is 0.800 bits per heavy atom. The highest BCUT2D eigenvalue weighted by Crippen LogP contribution is 2.28. The first-order valence-electron chi connectivity index (χ1n) is 10.3. The highest BCUT2D eigenvalue weighted by atomic mass is 16.5. The molecular formula is C25H28N2O3. The molecule has 5 heteroatoms. The van der Waals surface area contributed by atoms with Gasteiger partial charge in [-0.1, -0.05) is 48.5 Å². The van der Waals surface area contributed by atoms with Crippen LogP contribution in [0.2, 0.25) is 0 Å².